The summed E-state index contributed by atoms with van der Waals surface area (Å²) >= 11 is 3.63. The Labute approximate surface area is 206 Å². The Kier molecular flexibility index (Phi) is 7.16. The molecule has 4 rings (SSSR count). The number of rotatable bonds is 8. The van der Waals surface area contributed by atoms with E-state index >= 15 is 0 Å². The predicted molar refractivity (Wildman–Crippen MR) is 133 cm³/mol. The summed E-state index contributed by atoms with van der Waals surface area (Å²) in [7, 11) is 0. The number of ether oxygens (including phenoxy) is 2. The lowest BCUT2D eigenvalue weighted by Gasteiger charge is -2.28. The maximum absolute atomic E-state index is 13.5. The number of carbonyl (C=O) groups excluding carboxylic acids is 1. The van der Waals surface area contributed by atoms with Crippen LogP contribution in [0.4, 0.5) is 11.6 Å². The molecule has 178 valence electrons. The fraction of sp³-hybridized carbons (Fsp3) is 0.333. The van der Waals surface area contributed by atoms with Crippen molar-refractivity contribution in [1.82, 2.24) is 20.2 Å². The predicted octanol–water partition coefficient (Wildman–Crippen LogP) is 4.86. The first-order valence-electron chi connectivity index (χ1n) is 11.2. The number of nitrogens with one attached hydrogen (secondary N) is 2. The average molecular weight is 527 g/mol. The normalized spacial score (nSPS) is 14.9. The van der Waals surface area contributed by atoms with Crippen LogP contribution < -0.4 is 20.1 Å². The van der Waals surface area contributed by atoms with Crippen LogP contribution in [-0.4, -0.2) is 39.3 Å². The molecule has 0 aliphatic carbocycles. The van der Waals surface area contributed by atoms with Gasteiger partial charge in [0.1, 0.15) is 6.04 Å². The van der Waals surface area contributed by atoms with Gasteiger partial charge in [-0.1, -0.05) is 24.2 Å². The minimum Gasteiger partial charge on any atom is -0.490 e. The highest BCUT2D eigenvalue weighted by atomic mass is 79.9. The molecule has 1 unspecified atom stereocenters. The van der Waals surface area contributed by atoms with Crippen molar-refractivity contribution in [3.8, 4) is 11.5 Å². The van der Waals surface area contributed by atoms with E-state index in [1.54, 1.807) is 4.68 Å². The zero-order chi connectivity index (χ0) is 24.2. The molecule has 0 bridgehead atoms. The Bertz CT molecular complexity index is 1240. The van der Waals surface area contributed by atoms with E-state index in [-0.39, 0.29) is 5.91 Å². The SMILES string of the molecule is CCCOc1c(Br)cc(C2C(C(=O)Nc3cccc(C)c3)=C(C)Nc3nnnn32)cc1OCC. The van der Waals surface area contributed by atoms with E-state index in [4.69, 9.17) is 9.47 Å². The highest BCUT2D eigenvalue weighted by molar-refractivity contribution is 9.10. The largest absolute Gasteiger partial charge is 0.490 e. The van der Waals surface area contributed by atoms with Crippen molar-refractivity contribution in [2.24, 2.45) is 0 Å². The molecule has 0 saturated heterocycles. The molecule has 2 N–H and O–H groups in total. The Morgan fingerprint density at radius 2 is 2.03 bits per heavy atom. The molecule has 10 heteroatoms. The maximum Gasteiger partial charge on any atom is 0.255 e. The number of aromatic nitrogens is 4. The summed E-state index contributed by atoms with van der Waals surface area (Å²) in [6.07, 6.45) is 0.868. The third-order valence-corrected chi connectivity index (χ3v) is 5.92. The van der Waals surface area contributed by atoms with Gasteiger partial charge in [-0.15, -0.1) is 0 Å². The molecule has 2 heterocycles. The highest BCUT2D eigenvalue weighted by Gasteiger charge is 2.35. The Morgan fingerprint density at radius 3 is 2.76 bits per heavy atom. The molecule has 1 aliphatic heterocycles. The van der Waals surface area contributed by atoms with Gasteiger partial charge in [-0.25, -0.2) is 0 Å². The first-order valence-corrected chi connectivity index (χ1v) is 11.9. The van der Waals surface area contributed by atoms with Gasteiger partial charge in [-0.3, -0.25) is 4.79 Å². The number of tetrazole rings is 1. The van der Waals surface area contributed by atoms with Gasteiger partial charge in [0.25, 0.3) is 5.91 Å². The van der Waals surface area contributed by atoms with E-state index < -0.39 is 6.04 Å². The smallest absolute Gasteiger partial charge is 0.255 e. The summed E-state index contributed by atoms with van der Waals surface area (Å²) in [6.45, 7) is 8.81. The van der Waals surface area contributed by atoms with Crippen LogP contribution in [0, 0.1) is 6.92 Å². The van der Waals surface area contributed by atoms with Crippen molar-refractivity contribution in [3.63, 3.8) is 0 Å². The van der Waals surface area contributed by atoms with Crippen LogP contribution in [0.1, 0.15) is 44.4 Å². The number of nitrogens with zero attached hydrogens (tertiary/aromatic N) is 4. The summed E-state index contributed by atoms with van der Waals surface area (Å²) < 4.78 is 14.2. The third-order valence-electron chi connectivity index (χ3n) is 5.33. The second kappa shape index (κ2) is 10.3. The number of benzene rings is 2. The van der Waals surface area contributed by atoms with E-state index in [0.29, 0.717) is 47.6 Å². The van der Waals surface area contributed by atoms with Crippen LogP contribution in [0.25, 0.3) is 0 Å². The van der Waals surface area contributed by atoms with E-state index in [1.165, 1.54) is 0 Å². The third kappa shape index (κ3) is 4.77. The van der Waals surface area contributed by atoms with Crippen molar-refractivity contribution in [1.29, 1.82) is 0 Å². The van der Waals surface area contributed by atoms with Crippen molar-refractivity contribution in [2.45, 2.75) is 40.2 Å². The molecule has 1 aliphatic rings. The summed E-state index contributed by atoms with van der Waals surface area (Å²) in [5, 5.41) is 18.2. The number of allylic oxidation sites excluding steroid dienone is 1. The number of fused-ring (bicyclic) bond motifs is 1. The van der Waals surface area contributed by atoms with Crippen LogP contribution >= 0.6 is 15.9 Å². The maximum atomic E-state index is 13.5. The standard InChI is InChI=1S/C24H27BrN6O3/c1-5-10-34-22-18(25)12-16(13-19(22)33-6-2)21-20(15(4)26-24-28-29-30-31(21)24)23(32)27-17-9-7-8-14(3)11-17/h7-9,11-13,21H,5-6,10H2,1-4H3,(H,27,32)(H,26,28,30). The molecule has 0 fully saturated rings. The minimum absolute atomic E-state index is 0.248. The lowest BCUT2D eigenvalue weighted by Crippen LogP contribution is -2.31. The van der Waals surface area contributed by atoms with Crippen molar-refractivity contribution < 1.29 is 14.3 Å². The average Bonchev–Trinajstić information content (AvgIpc) is 3.25. The van der Waals surface area contributed by atoms with Gasteiger partial charge in [0.05, 0.1) is 23.3 Å². The number of halogens is 1. The van der Waals surface area contributed by atoms with Gasteiger partial charge in [-0.05, 0) is 88.9 Å². The van der Waals surface area contributed by atoms with Gasteiger partial charge in [0.2, 0.25) is 5.95 Å². The molecule has 0 spiro atoms. The van der Waals surface area contributed by atoms with Crippen molar-refractivity contribution >= 4 is 33.5 Å². The number of aryl methyl sites for hydroxylation is 1. The first kappa shape index (κ1) is 23.7. The van der Waals surface area contributed by atoms with Gasteiger partial charge in [-0.2, -0.15) is 4.68 Å². The number of anilines is 2. The molecule has 0 radical (unpaired) electrons. The van der Waals surface area contributed by atoms with Gasteiger partial charge in [0.15, 0.2) is 11.5 Å². The highest BCUT2D eigenvalue weighted by Crippen LogP contribution is 2.42. The zero-order valence-corrected chi connectivity index (χ0v) is 21.1. The monoisotopic (exact) mass is 526 g/mol. The molecular weight excluding hydrogens is 500 g/mol. The minimum atomic E-state index is -0.577. The first-order chi connectivity index (χ1) is 16.4. The van der Waals surface area contributed by atoms with Gasteiger partial charge < -0.3 is 20.1 Å². The molecular formula is C24H27BrN6O3. The Morgan fingerprint density at radius 1 is 1.21 bits per heavy atom. The van der Waals surface area contributed by atoms with E-state index in [2.05, 4.69) is 42.1 Å². The number of carbonyl (C=O) groups is 1. The lowest BCUT2D eigenvalue weighted by atomic mass is 9.94. The van der Waals surface area contributed by atoms with Crippen molar-refractivity contribution in [3.05, 3.63) is 63.3 Å². The van der Waals surface area contributed by atoms with E-state index in [9.17, 15) is 4.79 Å². The quantitative estimate of drug-likeness (QED) is 0.431. The topological polar surface area (TPSA) is 103 Å². The summed E-state index contributed by atoms with van der Waals surface area (Å²) in [6, 6.07) is 10.9. The Hall–Kier alpha value is -3.40. The molecule has 9 nitrogen and oxygen atoms in total. The molecule has 34 heavy (non-hydrogen) atoms. The molecule has 1 atom stereocenters. The lowest BCUT2D eigenvalue weighted by molar-refractivity contribution is -0.113. The van der Waals surface area contributed by atoms with Crippen LogP contribution in [0.2, 0.25) is 0 Å². The van der Waals surface area contributed by atoms with Crippen LogP contribution in [0.5, 0.6) is 11.5 Å². The van der Waals surface area contributed by atoms with Crippen molar-refractivity contribution in [2.75, 3.05) is 23.8 Å². The zero-order valence-electron chi connectivity index (χ0n) is 19.6. The number of hydrogen-bond acceptors (Lipinski definition) is 7. The molecule has 3 aromatic rings. The molecule has 2 aromatic carbocycles. The summed E-state index contributed by atoms with van der Waals surface area (Å²) in [4.78, 5) is 13.5. The number of hydrogen-bond donors (Lipinski definition) is 2. The van der Waals surface area contributed by atoms with Gasteiger partial charge in [0, 0.05) is 11.4 Å². The van der Waals surface area contributed by atoms with Crippen LogP contribution in [-0.2, 0) is 4.79 Å². The summed E-state index contributed by atoms with van der Waals surface area (Å²) in [5.74, 6) is 1.42. The fourth-order valence-corrected chi connectivity index (χ4v) is 4.46. The fourth-order valence-electron chi connectivity index (χ4n) is 3.89. The Balaban J connectivity index is 1.79. The molecule has 1 amide bonds. The molecule has 1 aromatic heterocycles. The second-order valence-corrected chi connectivity index (χ2v) is 8.80. The van der Waals surface area contributed by atoms with E-state index in [1.807, 2.05) is 64.1 Å². The van der Waals surface area contributed by atoms with E-state index in [0.717, 1.165) is 22.0 Å². The van der Waals surface area contributed by atoms with Crippen LogP contribution in [0.15, 0.2) is 52.1 Å². The second-order valence-electron chi connectivity index (χ2n) is 7.95. The molecule has 0 saturated carbocycles. The number of amides is 1. The van der Waals surface area contributed by atoms with Gasteiger partial charge >= 0.3 is 0 Å². The van der Waals surface area contributed by atoms with Crippen LogP contribution in [0.3, 0.4) is 0 Å². The summed E-state index contributed by atoms with van der Waals surface area (Å²) in [5.41, 5.74) is 3.71.